The molecule has 27 heavy (non-hydrogen) atoms. The minimum absolute atomic E-state index is 0.00149. The van der Waals surface area contributed by atoms with Crippen LogP contribution in [-0.4, -0.2) is 40.6 Å². The largest absolute Gasteiger partial charge is 0.347 e. The first-order valence-electron chi connectivity index (χ1n) is 10.0. The predicted octanol–water partition coefficient (Wildman–Crippen LogP) is 1.62. The van der Waals surface area contributed by atoms with Crippen molar-refractivity contribution in [3.8, 4) is 0 Å². The maximum absolute atomic E-state index is 13.1. The monoisotopic (exact) mass is 369 g/mol. The highest BCUT2D eigenvalue weighted by Crippen LogP contribution is 2.33. The summed E-state index contributed by atoms with van der Waals surface area (Å²) in [5.41, 5.74) is 8.44. The van der Waals surface area contributed by atoms with Crippen LogP contribution in [0, 0.1) is 0 Å². The first kappa shape index (κ1) is 18.2. The lowest BCUT2D eigenvalue weighted by atomic mass is 9.87. The zero-order valence-corrected chi connectivity index (χ0v) is 15.5. The van der Waals surface area contributed by atoms with Crippen molar-refractivity contribution in [1.82, 2.24) is 10.2 Å². The number of nitrogens with two attached hydrogens (primary N) is 1. The summed E-state index contributed by atoms with van der Waals surface area (Å²) in [5, 5.41) is 3.19. The Hall–Kier alpha value is -2.21. The summed E-state index contributed by atoms with van der Waals surface area (Å²) in [6, 6.07) is 6.89. The lowest BCUT2D eigenvalue weighted by Crippen LogP contribution is -2.55. The third kappa shape index (κ3) is 3.50. The fraction of sp³-hybridized carbons (Fsp3) is 0.571. The van der Waals surface area contributed by atoms with Crippen LogP contribution in [0.2, 0.25) is 0 Å². The van der Waals surface area contributed by atoms with Gasteiger partial charge >= 0.3 is 0 Å². The SMILES string of the molecule is N[C@H]1CC(=O)CC[C@H]2CC[C@@H](C(=O)N[C@@H]3CCCc4ccccc43)N2C1=O. The first-order valence-corrected chi connectivity index (χ1v) is 10.0. The van der Waals surface area contributed by atoms with Gasteiger partial charge in [-0.05, 0) is 49.7 Å². The molecule has 2 fully saturated rings. The van der Waals surface area contributed by atoms with E-state index in [1.807, 2.05) is 12.1 Å². The van der Waals surface area contributed by atoms with Gasteiger partial charge in [0.05, 0.1) is 12.1 Å². The molecule has 4 rings (SSSR count). The number of Topliss-reactive ketones (excluding diaryl/α,β-unsaturated/α-hetero) is 1. The molecular formula is C21H27N3O3. The Bertz CT molecular complexity index is 763. The highest BCUT2D eigenvalue weighted by Gasteiger charge is 2.44. The van der Waals surface area contributed by atoms with Gasteiger partial charge in [0, 0.05) is 18.9 Å². The van der Waals surface area contributed by atoms with Crippen molar-refractivity contribution in [1.29, 1.82) is 0 Å². The summed E-state index contributed by atoms with van der Waals surface area (Å²) in [5.74, 6) is -0.302. The number of hydrogen-bond acceptors (Lipinski definition) is 4. The second kappa shape index (κ2) is 7.43. The number of amides is 2. The molecule has 1 aromatic rings. The first-order chi connectivity index (χ1) is 13.0. The molecule has 0 bridgehead atoms. The average Bonchev–Trinajstić information content (AvgIpc) is 3.09. The zero-order chi connectivity index (χ0) is 19.0. The maximum Gasteiger partial charge on any atom is 0.243 e. The zero-order valence-electron chi connectivity index (χ0n) is 15.5. The fourth-order valence-electron chi connectivity index (χ4n) is 4.88. The Labute approximate surface area is 159 Å². The molecule has 0 unspecified atom stereocenters. The highest BCUT2D eigenvalue weighted by atomic mass is 16.2. The molecule has 0 saturated carbocycles. The third-order valence-electron chi connectivity index (χ3n) is 6.27. The number of nitrogens with zero attached hydrogens (tertiary/aromatic N) is 1. The van der Waals surface area contributed by atoms with Gasteiger partial charge < -0.3 is 16.0 Å². The van der Waals surface area contributed by atoms with E-state index in [0.29, 0.717) is 19.3 Å². The van der Waals surface area contributed by atoms with E-state index in [1.54, 1.807) is 4.90 Å². The molecule has 6 heteroatoms. The van der Waals surface area contributed by atoms with Crippen LogP contribution in [0.15, 0.2) is 24.3 Å². The van der Waals surface area contributed by atoms with E-state index in [9.17, 15) is 14.4 Å². The Balaban J connectivity index is 1.51. The van der Waals surface area contributed by atoms with Gasteiger partial charge in [-0.3, -0.25) is 14.4 Å². The Kier molecular flexibility index (Phi) is 5.00. The van der Waals surface area contributed by atoms with E-state index in [2.05, 4.69) is 17.4 Å². The summed E-state index contributed by atoms with van der Waals surface area (Å²) >= 11 is 0. The van der Waals surface area contributed by atoms with E-state index < -0.39 is 12.1 Å². The molecule has 2 saturated heterocycles. The molecular weight excluding hydrogens is 342 g/mol. The van der Waals surface area contributed by atoms with Crippen LogP contribution in [-0.2, 0) is 20.8 Å². The van der Waals surface area contributed by atoms with Crippen LogP contribution in [0.25, 0.3) is 0 Å². The van der Waals surface area contributed by atoms with Gasteiger partial charge in [-0.15, -0.1) is 0 Å². The van der Waals surface area contributed by atoms with Crippen LogP contribution in [0.5, 0.6) is 0 Å². The van der Waals surface area contributed by atoms with Gasteiger partial charge in [0.25, 0.3) is 0 Å². The van der Waals surface area contributed by atoms with Gasteiger partial charge in [0.1, 0.15) is 11.8 Å². The summed E-state index contributed by atoms with van der Waals surface area (Å²) < 4.78 is 0. The van der Waals surface area contributed by atoms with Crippen molar-refractivity contribution in [2.45, 2.75) is 75.5 Å². The van der Waals surface area contributed by atoms with Crippen molar-refractivity contribution in [3.05, 3.63) is 35.4 Å². The van der Waals surface area contributed by atoms with E-state index in [0.717, 1.165) is 25.7 Å². The highest BCUT2D eigenvalue weighted by molar-refractivity contribution is 5.94. The predicted molar refractivity (Wildman–Crippen MR) is 101 cm³/mol. The Morgan fingerprint density at radius 2 is 1.89 bits per heavy atom. The quantitative estimate of drug-likeness (QED) is 0.828. The number of nitrogens with one attached hydrogen (secondary N) is 1. The molecule has 144 valence electrons. The molecule has 1 aliphatic carbocycles. The minimum Gasteiger partial charge on any atom is -0.347 e. The van der Waals surface area contributed by atoms with Crippen LogP contribution >= 0.6 is 0 Å². The Morgan fingerprint density at radius 3 is 2.74 bits per heavy atom. The number of hydrogen-bond donors (Lipinski definition) is 2. The van der Waals surface area contributed by atoms with Crippen molar-refractivity contribution in [3.63, 3.8) is 0 Å². The van der Waals surface area contributed by atoms with E-state index in [1.165, 1.54) is 11.1 Å². The van der Waals surface area contributed by atoms with Gasteiger partial charge in [-0.25, -0.2) is 0 Å². The standard InChI is InChI=1S/C21H27N3O3/c22-17-12-15(25)10-8-14-9-11-19(24(14)21(17)27)20(26)23-18-7-3-5-13-4-1-2-6-16(13)18/h1-2,4,6,14,17-19H,3,5,7-12,22H2,(H,23,26)/t14-,17-,18+,19-/m0/s1. The molecule has 0 aromatic heterocycles. The number of carbonyl (C=O) groups is 3. The normalized spacial score (nSPS) is 30.9. The molecule has 6 nitrogen and oxygen atoms in total. The van der Waals surface area contributed by atoms with E-state index in [-0.39, 0.29) is 36.1 Å². The van der Waals surface area contributed by atoms with Crippen molar-refractivity contribution in [2.24, 2.45) is 5.73 Å². The summed E-state index contributed by atoms with van der Waals surface area (Å²) in [6.07, 6.45) is 5.54. The van der Waals surface area contributed by atoms with E-state index in [4.69, 9.17) is 5.73 Å². The molecule has 3 aliphatic rings. The maximum atomic E-state index is 13.1. The van der Waals surface area contributed by atoms with Gasteiger partial charge in [0.15, 0.2) is 0 Å². The number of fused-ring (bicyclic) bond motifs is 2. The fourth-order valence-corrected chi connectivity index (χ4v) is 4.88. The number of rotatable bonds is 2. The smallest absolute Gasteiger partial charge is 0.243 e. The summed E-state index contributed by atoms with van der Waals surface area (Å²) in [6.45, 7) is 0. The third-order valence-corrected chi connectivity index (χ3v) is 6.27. The molecule has 0 spiro atoms. The lowest BCUT2D eigenvalue weighted by Gasteiger charge is -2.34. The molecule has 0 radical (unpaired) electrons. The van der Waals surface area contributed by atoms with E-state index >= 15 is 0 Å². The molecule has 1 aromatic carbocycles. The minimum atomic E-state index is -0.830. The Morgan fingerprint density at radius 1 is 1.07 bits per heavy atom. The van der Waals surface area contributed by atoms with Crippen molar-refractivity contribution >= 4 is 17.6 Å². The molecule has 4 atom stereocenters. The van der Waals surface area contributed by atoms with Gasteiger partial charge in [0.2, 0.25) is 11.8 Å². The van der Waals surface area contributed by atoms with Crippen LogP contribution in [0.4, 0.5) is 0 Å². The number of aryl methyl sites for hydroxylation is 1. The molecule has 2 heterocycles. The number of carbonyl (C=O) groups excluding carboxylic acids is 3. The van der Waals surface area contributed by atoms with Crippen molar-refractivity contribution < 1.29 is 14.4 Å². The van der Waals surface area contributed by atoms with Crippen LogP contribution in [0.3, 0.4) is 0 Å². The average molecular weight is 369 g/mol. The summed E-state index contributed by atoms with van der Waals surface area (Å²) in [7, 11) is 0. The van der Waals surface area contributed by atoms with Gasteiger partial charge in [-0.1, -0.05) is 24.3 Å². The topological polar surface area (TPSA) is 92.5 Å². The van der Waals surface area contributed by atoms with Crippen molar-refractivity contribution in [2.75, 3.05) is 0 Å². The van der Waals surface area contributed by atoms with Crippen LogP contribution in [0.1, 0.15) is 62.1 Å². The van der Waals surface area contributed by atoms with Gasteiger partial charge in [-0.2, -0.15) is 0 Å². The second-order valence-electron chi connectivity index (χ2n) is 8.03. The molecule has 3 N–H and O–H groups in total. The lowest BCUT2D eigenvalue weighted by molar-refractivity contribution is -0.143. The molecule has 2 aliphatic heterocycles. The summed E-state index contributed by atoms with van der Waals surface area (Å²) in [4.78, 5) is 39.4. The second-order valence-corrected chi connectivity index (χ2v) is 8.03. The number of benzene rings is 1. The van der Waals surface area contributed by atoms with Crippen LogP contribution < -0.4 is 11.1 Å². The molecule has 2 amide bonds. The number of ketones is 1.